The highest BCUT2D eigenvalue weighted by atomic mass is 16.3. The molecule has 17 heteroatoms. The lowest BCUT2D eigenvalue weighted by molar-refractivity contribution is -0.137. The molecule has 9 N–H and O–H groups in total. The predicted molar refractivity (Wildman–Crippen MR) is 202 cm³/mol. The Balaban J connectivity index is 3.65. The molecule has 17 nitrogen and oxygen atoms in total. The van der Waals surface area contributed by atoms with Gasteiger partial charge >= 0.3 is 0 Å². The molecule has 308 valence electrons. The summed E-state index contributed by atoms with van der Waals surface area (Å²) in [4.78, 5) is 107. The lowest BCUT2D eigenvalue weighted by Gasteiger charge is -2.31. The molecule has 0 aromatic carbocycles. The summed E-state index contributed by atoms with van der Waals surface area (Å²) in [7, 11) is 0. The van der Waals surface area contributed by atoms with E-state index in [0.29, 0.717) is 19.3 Å². The monoisotopic (exact) mass is 766 g/mol. The van der Waals surface area contributed by atoms with Crippen LogP contribution in [-0.4, -0.2) is 108 Å². The summed E-state index contributed by atoms with van der Waals surface area (Å²) in [6.45, 7) is 16.1. The van der Waals surface area contributed by atoms with E-state index in [9.17, 15) is 43.5 Å². The van der Waals surface area contributed by atoms with E-state index in [1.165, 1.54) is 0 Å². The summed E-state index contributed by atoms with van der Waals surface area (Å²) in [6.07, 6.45) is 1.80. The average Bonchev–Trinajstić information content (AvgIpc) is 3.12. The molecule has 8 amide bonds. The first-order chi connectivity index (χ1) is 25.3. The smallest absolute Gasteiger partial charge is 0.245 e. The third-order valence-electron chi connectivity index (χ3n) is 9.76. The first-order valence-electron chi connectivity index (χ1n) is 19.3. The van der Waals surface area contributed by atoms with E-state index in [4.69, 9.17) is 0 Å². The van der Waals surface area contributed by atoms with Crippen LogP contribution in [0.15, 0.2) is 0 Å². The van der Waals surface area contributed by atoms with Crippen molar-refractivity contribution in [2.45, 2.75) is 138 Å². The molecule has 0 radical (unpaired) electrons. The van der Waals surface area contributed by atoms with E-state index in [-0.39, 0.29) is 30.6 Å². The number of hydrogen-bond acceptors (Lipinski definition) is 9. The summed E-state index contributed by atoms with van der Waals surface area (Å²) in [5, 5.41) is 30.8. The van der Waals surface area contributed by atoms with Crippen LogP contribution in [0.3, 0.4) is 0 Å². The number of aliphatic hydroxyl groups is 1. The molecule has 0 spiro atoms. The van der Waals surface area contributed by atoms with Gasteiger partial charge in [-0.3, -0.25) is 38.4 Å². The second kappa shape index (κ2) is 23.5. The minimum absolute atomic E-state index is 0.0576. The highest BCUT2D eigenvalue weighted by Crippen LogP contribution is 2.15. The molecule has 0 aromatic heterocycles. The highest BCUT2D eigenvalue weighted by Gasteiger charge is 2.36. The number of carbonyl (C=O) groups is 8. The van der Waals surface area contributed by atoms with Crippen molar-refractivity contribution in [2.24, 2.45) is 29.6 Å². The van der Waals surface area contributed by atoms with Gasteiger partial charge in [0.1, 0.15) is 36.3 Å². The average molecular weight is 767 g/mol. The summed E-state index contributed by atoms with van der Waals surface area (Å²) in [5.74, 6) is -6.99. The zero-order valence-electron chi connectivity index (χ0n) is 33.7. The fourth-order valence-corrected chi connectivity index (χ4v) is 5.78. The van der Waals surface area contributed by atoms with E-state index >= 15 is 0 Å². The van der Waals surface area contributed by atoms with Crippen molar-refractivity contribution >= 4 is 47.3 Å². The third-order valence-corrected chi connectivity index (χ3v) is 9.76. The van der Waals surface area contributed by atoms with Gasteiger partial charge < -0.3 is 47.6 Å². The maximum Gasteiger partial charge on any atom is 0.245 e. The summed E-state index contributed by atoms with van der Waals surface area (Å²) in [5.41, 5.74) is 0. The normalized spacial score (nSPS) is 26.8. The standard InChI is InChI=1S/C37H66N8O9/c1-11-21(8)29-35(52)41-24(14-19(4)5)32(49)38-16-27(47)40-26(18-46)34(51)44-31(23(10)13-3)37(54)45-30(22(9)12-2)36(53)42-25(15-20(6)7)33(50)39-17-28(48)43-29/h19-26,29-31,46H,11-18H2,1-10H3,(H,38,49)(H,39,50)(H,40,47)(H,41,52)(H,42,53)(H,43,48)(H,44,51)(H,45,54). The van der Waals surface area contributed by atoms with Crippen molar-refractivity contribution in [2.75, 3.05) is 19.7 Å². The summed E-state index contributed by atoms with van der Waals surface area (Å²) in [6, 6.07) is -7.04. The molecule has 1 fully saturated rings. The topological polar surface area (TPSA) is 253 Å². The molecule has 9 unspecified atom stereocenters. The maximum atomic E-state index is 13.8. The highest BCUT2D eigenvalue weighted by molar-refractivity contribution is 5.98. The van der Waals surface area contributed by atoms with Crippen molar-refractivity contribution in [1.29, 1.82) is 0 Å². The van der Waals surface area contributed by atoms with Gasteiger partial charge in [-0.2, -0.15) is 0 Å². The Hall–Kier alpha value is -4.28. The van der Waals surface area contributed by atoms with E-state index in [2.05, 4.69) is 42.5 Å². The molecule has 1 aliphatic rings. The van der Waals surface area contributed by atoms with E-state index < -0.39 is 115 Å². The van der Waals surface area contributed by atoms with Gasteiger partial charge in [-0.1, -0.05) is 88.5 Å². The molecule has 0 aromatic rings. The van der Waals surface area contributed by atoms with Crippen molar-refractivity contribution in [1.82, 2.24) is 42.5 Å². The quantitative estimate of drug-likeness (QED) is 0.130. The van der Waals surface area contributed by atoms with Crippen LogP contribution in [-0.2, 0) is 38.4 Å². The molecular weight excluding hydrogens is 700 g/mol. The molecule has 9 atom stereocenters. The van der Waals surface area contributed by atoms with Crippen LogP contribution in [0.1, 0.15) is 101 Å². The molecule has 1 saturated heterocycles. The van der Waals surface area contributed by atoms with Crippen molar-refractivity contribution < 1.29 is 43.5 Å². The van der Waals surface area contributed by atoms with Crippen LogP contribution in [0.4, 0.5) is 0 Å². The number of amides is 8. The molecule has 1 aliphatic heterocycles. The van der Waals surface area contributed by atoms with Crippen LogP contribution in [0.5, 0.6) is 0 Å². The van der Waals surface area contributed by atoms with Gasteiger partial charge in [-0.25, -0.2) is 0 Å². The molecule has 1 heterocycles. The zero-order chi connectivity index (χ0) is 41.3. The number of rotatable bonds is 11. The largest absolute Gasteiger partial charge is 0.394 e. The zero-order valence-corrected chi connectivity index (χ0v) is 33.7. The molecule has 0 aliphatic carbocycles. The second-order valence-electron chi connectivity index (χ2n) is 15.3. The van der Waals surface area contributed by atoms with Gasteiger partial charge in [0.2, 0.25) is 47.3 Å². The Morgan fingerprint density at radius 1 is 0.463 bits per heavy atom. The van der Waals surface area contributed by atoms with Crippen molar-refractivity contribution in [3.05, 3.63) is 0 Å². The minimum Gasteiger partial charge on any atom is -0.394 e. The van der Waals surface area contributed by atoms with Gasteiger partial charge in [0, 0.05) is 0 Å². The van der Waals surface area contributed by atoms with Gasteiger partial charge in [-0.05, 0) is 42.4 Å². The Morgan fingerprint density at radius 3 is 1.15 bits per heavy atom. The molecule has 54 heavy (non-hydrogen) atoms. The first kappa shape index (κ1) is 47.7. The number of carbonyl (C=O) groups excluding carboxylic acids is 8. The van der Waals surface area contributed by atoms with Crippen LogP contribution < -0.4 is 42.5 Å². The second-order valence-corrected chi connectivity index (χ2v) is 15.3. The Morgan fingerprint density at radius 2 is 0.796 bits per heavy atom. The molecular formula is C37H66N8O9. The van der Waals surface area contributed by atoms with Crippen LogP contribution in [0, 0.1) is 29.6 Å². The Labute approximate surface area is 319 Å². The van der Waals surface area contributed by atoms with E-state index in [1.807, 2.05) is 41.5 Å². The van der Waals surface area contributed by atoms with Crippen molar-refractivity contribution in [3.63, 3.8) is 0 Å². The first-order valence-corrected chi connectivity index (χ1v) is 19.3. The SMILES string of the molecule is CCC(C)C1NC(=O)CNC(=O)C(CC(C)C)NC(=O)C(C(C)CC)NC(=O)C(C(C)CC)NC(=O)C(CO)NC(=O)CNC(=O)C(CC(C)C)NC1=O. The number of nitrogens with one attached hydrogen (secondary N) is 8. The molecule has 0 saturated carbocycles. The lowest BCUT2D eigenvalue weighted by atomic mass is 9.94. The maximum absolute atomic E-state index is 13.8. The van der Waals surface area contributed by atoms with Crippen LogP contribution >= 0.6 is 0 Å². The van der Waals surface area contributed by atoms with Crippen molar-refractivity contribution in [3.8, 4) is 0 Å². The Bertz CT molecular complexity index is 1310. The lowest BCUT2D eigenvalue weighted by Crippen LogP contribution is -2.62. The predicted octanol–water partition coefficient (Wildman–Crippen LogP) is -0.636. The van der Waals surface area contributed by atoms with E-state index in [0.717, 1.165) is 0 Å². The Kier molecular flexibility index (Phi) is 20.8. The number of hydrogen-bond donors (Lipinski definition) is 9. The number of aliphatic hydroxyl groups excluding tert-OH is 1. The van der Waals surface area contributed by atoms with Gasteiger partial charge in [0.25, 0.3) is 0 Å². The fraction of sp³-hybridized carbons (Fsp3) is 0.784. The molecule has 1 rings (SSSR count). The van der Waals surface area contributed by atoms with Crippen LogP contribution in [0.25, 0.3) is 0 Å². The molecule has 0 bridgehead atoms. The van der Waals surface area contributed by atoms with Gasteiger partial charge in [-0.15, -0.1) is 0 Å². The third kappa shape index (κ3) is 15.6. The fourth-order valence-electron chi connectivity index (χ4n) is 5.78. The van der Waals surface area contributed by atoms with Gasteiger partial charge in [0.15, 0.2) is 0 Å². The van der Waals surface area contributed by atoms with Crippen LogP contribution in [0.2, 0.25) is 0 Å². The summed E-state index contributed by atoms with van der Waals surface area (Å²) < 4.78 is 0. The summed E-state index contributed by atoms with van der Waals surface area (Å²) >= 11 is 0. The van der Waals surface area contributed by atoms with E-state index in [1.54, 1.807) is 27.7 Å². The minimum atomic E-state index is -1.49. The van der Waals surface area contributed by atoms with Gasteiger partial charge in [0.05, 0.1) is 19.7 Å².